The van der Waals surface area contributed by atoms with Gasteiger partial charge in [0.05, 0.1) is 12.3 Å². The monoisotopic (exact) mass is 434 g/mol. The van der Waals surface area contributed by atoms with Gasteiger partial charge in [-0.1, -0.05) is 54.6 Å². The highest BCUT2D eigenvalue weighted by molar-refractivity contribution is 7.99. The average Bonchev–Trinajstić information content (AvgIpc) is 3.30. The van der Waals surface area contributed by atoms with Crippen molar-refractivity contribution in [1.82, 2.24) is 4.90 Å². The number of urea groups is 1. The molecule has 0 bridgehead atoms. The van der Waals surface area contributed by atoms with Gasteiger partial charge in [0.1, 0.15) is 23.5 Å². The lowest BCUT2D eigenvalue weighted by Crippen LogP contribution is -2.34. The van der Waals surface area contributed by atoms with Crippen molar-refractivity contribution < 1.29 is 14.3 Å². The highest BCUT2D eigenvalue weighted by Crippen LogP contribution is 2.39. The van der Waals surface area contributed by atoms with Crippen molar-refractivity contribution in [2.75, 3.05) is 24.2 Å². The third kappa shape index (κ3) is 5.33. The molecular weight excluding hydrogens is 408 g/mol. The van der Waals surface area contributed by atoms with Crippen LogP contribution in [0.2, 0.25) is 0 Å². The second-order valence-electron chi connectivity index (χ2n) is 7.12. The lowest BCUT2D eigenvalue weighted by Gasteiger charge is -2.25. The number of hydrogen-bond acceptors (Lipinski definition) is 4. The first-order valence-electron chi connectivity index (χ1n) is 10.4. The van der Waals surface area contributed by atoms with Crippen LogP contribution in [0, 0.1) is 0 Å². The number of hydrogen-bond donors (Lipinski definition) is 1. The van der Waals surface area contributed by atoms with Crippen LogP contribution in [0.25, 0.3) is 0 Å². The number of nitrogens with one attached hydrogen (secondary N) is 1. The number of ether oxygens (including phenoxy) is 2. The summed E-state index contributed by atoms with van der Waals surface area (Å²) in [5.74, 6) is 2.37. The summed E-state index contributed by atoms with van der Waals surface area (Å²) in [7, 11) is 0. The third-order valence-electron chi connectivity index (χ3n) is 4.97. The fraction of sp³-hybridized carbons (Fsp3) is 0.240. The normalized spacial score (nSPS) is 15.5. The van der Waals surface area contributed by atoms with E-state index in [1.165, 1.54) is 0 Å². The molecule has 1 heterocycles. The number of carbonyl (C=O) groups is 1. The van der Waals surface area contributed by atoms with Crippen LogP contribution in [-0.2, 0) is 6.61 Å². The van der Waals surface area contributed by atoms with Gasteiger partial charge in [-0.05, 0) is 42.3 Å². The van der Waals surface area contributed by atoms with Crippen LogP contribution in [0.3, 0.4) is 0 Å². The smallest absolute Gasteiger partial charge is 0.323 e. The molecule has 1 N–H and O–H groups in total. The number of anilines is 1. The van der Waals surface area contributed by atoms with E-state index in [9.17, 15) is 4.79 Å². The van der Waals surface area contributed by atoms with E-state index in [4.69, 9.17) is 9.47 Å². The van der Waals surface area contributed by atoms with Gasteiger partial charge >= 0.3 is 6.03 Å². The van der Waals surface area contributed by atoms with Crippen molar-refractivity contribution in [3.05, 3.63) is 90.0 Å². The van der Waals surface area contributed by atoms with E-state index in [0.717, 1.165) is 22.6 Å². The molecule has 0 radical (unpaired) electrons. The predicted molar refractivity (Wildman–Crippen MR) is 126 cm³/mol. The molecule has 160 valence electrons. The van der Waals surface area contributed by atoms with Crippen molar-refractivity contribution >= 4 is 23.5 Å². The molecule has 1 fully saturated rings. The SMILES string of the molecule is CCOc1ccccc1NC(=O)N1CCSC1c1cccc(OCc2ccccc2)c1. The summed E-state index contributed by atoms with van der Waals surface area (Å²) < 4.78 is 11.6. The lowest BCUT2D eigenvalue weighted by molar-refractivity contribution is 0.214. The van der Waals surface area contributed by atoms with Crippen LogP contribution < -0.4 is 14.8 Å². The number of amides is 2. The van der Waals surface area contributed by atoms with Gasteiger partial charge in [-0.2, -0.15) is 0 Å². The van der Waals surface area contributed by atoms with Crippen LogP contribution in [0.4, 0.5) is 10.5 Å². The van der Waals surface area contributed by atoms with Crippen LogP contribution >= 0.6 is 11.8 Å². The molecule has 6 heteroatoms. The van der Waals surface area contributed by atoms with Gasteiger partial charge in [0.25, 0.3) is 0 Å². The Hall–Kier alpha value is -3.12. The summed E-state index contributed by atoms with van der Waals surface area (Å²) in [6, 6.07) is 25.5. The Balaban J connectivity index is 1.45. The maximum atomic E-state index is 13.1. The van der Waals surface area contributed by atoms with E-state index in [-0.39, 0.29) is 11.4 Å². The third-order valence-corrected chi connectivity index (χ3v) is 6.23. The van der Waals surface area contributed by atoms with Crippen molar-refractivity contribution in [3.63, 3.8) is 0 Å². The van der Waals surface area contributed by atoms with Gasteiger partial charge in [0.2, 0.25) is 0 Å². The van der Waals surface area contributed by atoms with Crippen LogP contribution in [0.5, 0.6) is 11.5 Å². The second-order valence-corrected chi connectivity index (χ2v) is 8.31. The zero-order valence-corrected chi connectivity index (χ0v) is 18.3. The zero-order valence-electron chi connectivity index (χ0n) is 17.5. The van der Waals surface area contributed by atoms with Crippen LogP contribution in [0.1, 0.15) is 23.4 Å². The fourth-order valence-electron chi connectivity index (χ4n) is 3.49. The second kappa shape index (κ2) is 10.3. The fourth-order valence-corrected chi connectivity index (χ4v) is 4.74. The van der Waals surface area contributed by atoms with Gasteiger partial charge in [-0.25, -0.2) is 4.79 Å². The maximum absolute atomic E-state index is 13.1. The van der Waals surface area contributed by atoms with Gasteiger partial charge in [-0.15, -0.1) is 11.8 Å². The molecule has 0 spiro atoms. The summed E-state index contributed by atoms with van der Waals surface area (Å²) >= 11 is 1.76. The average molecular weight is 435 g/mol. The molecule has 5 nitrogen and oxygen atoms in total. The van der Waals surface area contributed by atoms with Gasteiger partial charge in [-0.3, -0.25) is 0 Å². The summed E-state index contributed by atoms with van der Waals surface area (Å²) in [5, 5.41) is 2.96. The number of nitrogens with zero attached hydrogens (tertiary/aromatic N) is 1. The maximum Gasteiger partial charge on any atom is 0.323 e. The molecule has 3 aromatic rings. The quantitative estimate of drug-likeness (QED) is 0.500. The van der Waals surface area contributed by atoms with E-state index in [0.29, 0.717) is 31.2 Å². The Labute approximate surface area is 187 Å². The molecule has 1 saturated heterocycles. The van der Waals surface area contributed by atoms with E-state index in [2.05, 4.69) is 5.32 Å². The van der Waals surface area contributed by atoms with Gasteiger partial charge < -0.3 is 19.7 Å². The molecule has 4 rings (SSSR count). The largest absolute Gasteiger partial charge is 0.492 e. The Morgan fingerprint density at radius 2 is 1.84 bits per heavy atom. The van der Waals surface area contributed by atoms with E-state index >= 15 is 0 Å². The van der Waals surface area contributed by atoms with E-state index < -0.39 is 0 Å². The number of benzene rings is 3. The lowest BCUT2D eigenvalue weighted by atomic mass is 10.2. The molecule has 0 saturated carbocycles. The van der Waals surface area contributed by atoms with Crippen LogP contribution in [0.15, 0.2) is 78.9 Å². The molecule has 1 aliphatic rings. The molecule has 0 aliphatic carbocycles. The highest BCUT2D eigenvalue weighted by atomic mass is 32.2. The van der Waals surface area contributed by atoms with Gasteiger partial charge in [0, 0.05) is 12.3 Å². The summed E-state index contributed by atoms with van der Waals surface area (Å²) in [5.41, 5.74) is 2.86. The van der Waals surface area contributed by atoms with E-state index in [1.807, 2.05) is 90.7 Å². The van der Waals surface area contributed by atoms with Crippen molar-refractivity contribution in [1.29, 1.82) is 0 Å². The van der Waals surface area contributed by atoms with Gasteiger partial charge in [0.15, 0.2) is 0 Å². The summed E-state index contributed by atoms with van der Waals surface area (Å²) in [6.07, 6.45) is 0. The zero-order chi connectivity index (χ0) is 21.5. The molecule has 2 amide bonds. The first-order chi connectivity index (χ1) is 15.2. The minimum absolute atomic E-state index is 0.0560. The molecule has 0 aromatic heterocycles. The Bertz CT molecular complexity index is 1010. The van der Waals surface area contributed by atoms with Crippen molar-refractivity contribution in [2.45, 2.75) is 18.9 Å². The molecule has 1 atom stereocenters. The molecule has 1 aliphatic heterocycles. The Kier molecular flexibility index (Phi) is 6.99. The summed E-state index contributed by atoms with van der Waals surface area (Å²) in [6.45, 7) is 3.68. The first-order valence-corrected chi connectivity index (χ1v) is 11.5. The molecule has 31 heavy (non-hydrogen) atoms. The van der Waals surface area contributed by atoms with E-state index in [1.54, 1.807) is 11.8 Å². The molecule has 1 unspecified atom stereocenters. The van der Waals surface area contributed by atoms with Crippen molar-refractivity contribution in [2.24, 2.45) is 0 Å². The number of para-hydroxylation sites is 2. The standard InChI is InChI=1S/C25H26N2O3S/c1-2-29-23-14-7-6-13-22(23)26-25(28)27-15-16-31-24(27)20-11-8-12-21(17-20)30-18-19-9-4-3-5-10-19/h3-14,17,24H,2,15-16,18H2,1H3,(H,26,28). The number of carbonyl (C=O) groups excluding carboxylic acids is 1. The highest BCUT2D eigenvalue weighted by Gasteiger charge is 2.31. The number of thioether (sulfide) groups is 1. The minimum atomic E-state index is -0.127. The topological polar surface area (TPSA) is 50.8 Å². The minimum Gasteiger partial charge on any atom is -0.492 e. The Morgan fingerprint density at radius 1 is 1.03 bits per heavy atom. The Morgan fingerprint density at radius 3 is 2.68 bits per heavy atom. The van der Waals surface area contributed by atoms with Crippen LogP contribution in [-0.4, -0.2) is 29.8 Å². The summed E-state index contributed by atoms with van der Waals surface area (Å²) in [4.78, 5) is 14.9. The first kappa shape index (κ1) is 21.1. The predicted octanol–water partition coefficient (Wildman–Crippen LogP) is 5.94. The van der Waals surface area contributed by atoms with Crippen molar-refractivity contribution in [3.8, 4) is 11.5 Å². The molecule has 3 aromatic carbocycles. The molecular formula is C25H26N2O3S. The number of rotatable bonds is 7.